The van der Waals surface area contributed by atoms with Crippen LogP contribution in [-0.2, 0) is 9.53 Å². The van der Waals surface area contributed by atoms with Gasteiger partial charge in [-0.05, 0) is 31.4 Å². The van der Waals surface area contributed by atoms with Crippen molar-refractivity contribution in [3.8, 4) is 0 Å². The van der Waals surface area contributed by atoms with Crippen LogP contribution < -0.4 is 5.32 Å². The van der Waals surface area contributed by atoms with Gasteiger partial charge >= 0.3 is 0 Å². The second-order valence-electron chi connectivity index (χ2n) is 3.82. The third-order valence-corrected chi connectivity index (χ3v) is 2.60. The topological polar surface area (TPSA) is 38.3 Å². The predicted molar refractivity (Wildman–Crippen MR) is 58.6 cm³/mol. The molecule has 86 valence electrons. The molecule has 1 heterocycles. The Balaban J connectivity index is 1.99. The largest absolute Gasteiger partial charge is 0.368 e. The number of carbonyl (C=O) groups excluding carboxylic acids is 1. The van der Waals surface area contributed by atoms with Gasteiger partial charge in [0.1, 0.15) is 11.9 Å². The summed E-state index contributed by atoms with van der Waals surface area (Å²) in [4.78, 5) is 11.7. The van der Waals surface area contributed by atoms with Crippen molar-refractivity contribution >= 4 is 11.6 Å². The number of halogens is 1. The Kier molecular flexibility index (Phi) is 3.51. The molecule has 1 aliphatic rings. The molecule has 0 aliphatic carbocycles. The van der Waals surface area contributed by atoms with Crippen molar-refractivity contribution in [2.24, 2.45) is 0 Å². The number of anilines is 1. The van der Waals surface area contributed by atoms with Gasteiger partial charge in [-0.2, -0.15) is 0 Å². The Morgan fingerprint density at radius 2 is 2.19 bits per heavy atom. The summed E-state index contributed by atoms with van der Waals surface area (Å²) in [6.45, 7) is 0.607. The van der Waals surface area contributed by atoms with Crippen LogP contribution in [0.3, 0.4) is 0 Å². The highest BCUT2D eigenvalue weighted by Crippen LogP contribution is 2.17. The Morgan fingerprint density at radius 3 is 2.88 bits per heavy atom. The molecule has 0 radical (unpaired) electrons. The lowest BCUT2D eigenvalue weighted by Crippen LogP contribution is -2.33. The molecule has 1 fully saturated rings. The molecule has 1 aliphatic heterocycles. The molecule has 0 saturated carbocycles. The van der Waals surface area contributed by atoms with E-state index in [0.29, 0.717) is 13.0 Å². The van der Waals surface area contributed by atoms with Gasteiger partial charge in [0.15, 0.2) is 0 Å². The molecule has 1 saturated heterocycles. The minimum Gasteiger partial charge on any atom is -0.368 e. The number of hydrogen-bond donors (Lipinski definition) is 1. The van der Waals surface area contributed by atoms with Crippen LogP contribution in [-0.4, -0.2) is 18.6 Å². The lowest BCUT2D eigenvalue weighted by molar-refractivity contribution is -0.130. The van der Waals surface area contributed by atoms with Crippen LogP contribution in [0.1, 0.15) is 19.3 Å². The molecule has 1 unspecified atom stereocenters. The van der Waals surface area contributed by atoms with Gasteiger partial charge in [0.05, 0.1) is 5.69 Å². The van der Waals surface area contributed by atoms with Crippen LogP contribution in [0.25, 0.3) is 0 Å². The van der Waals surface area contributed by atoms with Crippen LogP contribution in [0.2, 0.25) is 0 Å². The van der Waals surface area contributed by atoms with Crippen molar-refractivity contribution < 1.29 is 13.9 Å². The Bertz CT molecular complexity index is 375. The maximum atomic E-state index is 13.3. The summed E-state index contributed by atoms with van der Waals surface area (Å²) in [5, 5.41) is 2.54. The van der Waals surface area contributed by atoms with Crippen molar-refractivity contribution in [3.05, 3.63) is 30.1 Å². The van der Waals surface area contributed by atoms with Gasteiger partial charge in [-0.3, -0.25) is 4.79 Å². The molecular weight excluding hydrogens is 209 g/mol. The second kappa shape index (κ2) is 5.07. The van der Waals surface area contributed by atoms with Crippen LogP contribution in [0.4, 0.5) is 10.1 Å². The fraction of sp³-hybridized carbons (Fsp3) is 0.417. The van der Waals surface area contributed by atoms with E-state index in [1.54, 1.807) is 12.1 Å². The van der Waals surface area contributed by atoms with Crippen LogP contribution in [0.15, 0.2) is 24.3 Å². The average Bonchev–Trinajstić information content (AvgIpc) is 2.33. The van der Waals surface area contributed by atoms with E-state index in [1.165, 1.54) is 12.1 Å². The van der Waals surface area contributed by atoms with E-state index in [1.807, 2.05) is 0 Å². The van der Waals surface area contributed by atoms with Gasteiger partial charge in [-0.25, -0.2) is 4.39 Å². The smallest absolute Gasteiger partial charge is 0.253 e. The van der Waals surface area contributed by atoms with E-state index >= 15 is 0 Å². The van der Waals surface area contributed by atoms with E-state index in [0.717, 1.165) is 12.8 Å². The highest BCUT2D eigenvalue weighted by atomic mass is 19.1. The van der Waals surface area contributed by atoms with Crippen molar-refractivity contribution in [2.45, 2.75) is 25.4 Å². The molecule has 1 aromatic rings. The summed E-state index contributed by atoms with van der Waals surface area (Å²) < 4.78 is 18.6. The number of ether oxygens (including phenoxy) is 1. The number of benzene rings is 1. The number of para-hydroxylation sites is 1. The quantitative estimate of drug-likeness (QED) is 0.835. The zero-order valence-electron chi connectivity index (χ0n) is 8.91. The summed E-state index contributed by atoms with van der Waals surface area (Å²) in [5.41, 5.74) is 0.210. The van der Waals surface area contributed by atoms with Crippen LogP contribution in [0, 0.1) is 5.82 Å². The van der Waals surface area contributed by atoms with Crippen molar-refractivity contribution in [1.82, 2.24) is 0 Å². The van der Waals surface area contributed by atoms with Gasteiger partial charge in [0.25, 0.3) is 5.91 Å². The molecule has 0 spiro atoms. The molecule has 1 amide bonds. The summed E-state index contributed by atoms with van der Waals surface area (Å²) in [6.07, 6.45) is 2.24. The summed E-state index contributed by atoms with van der Waals surface area (Å²) in [7, 11) is 0. The van der Waals surface area contributed by atoms with E-state index in [4.69, 9.17) is 4.74 Å². The van der Waals surface area contributed by atoms with Crippen molar-refractivity contribution in [3.63, 3.8) is 0 Å². The monoisotopic (exact) mass is 223 g/mol. The highest BCUT2D eigenvalue weighted by molar-refractivity contribution is 5.94. The number of hydrogen-bond acceptors (Lipinski definition) is 2. The first kappa shape index (κ1) is 11.1. The predicted octanol–water partition coefficient (Wildman–Crippen LogP) is 2.33. The Morgan fingerprint density at radius 1 is 1.38 bits per heavy atom. The molecule has 0 aromatic heterocycles. The number of amides is 1. The lowest BCUT2D eigenvalue weighted by atomic mass is 10.1. The number of carbonyl (C=O) groups is 1. The first-order chi connectivity index (χ1) is 7.77. The molecule has 0 bridgehead atoms. The SMILES string of the molecule is O=C(Nc1ccccc1F)C1CCCCO1. The third-order valence-electron chi connectivity index (χ3n) is 2.60. The molecule has 3 nitrogen and oxygen atoms in total. The van der Waals surface area contributed by atoms with E-state index < -0.39 is 11.9 Å². The highest BCUT2D eigenvalue weighted by Gasteiger charge is 2.22. The van der Waals surface area contributed by atoms with E-state index in [-0.39, 0.29) is 11.6 Å². The summed E-state index contributed by atoms with van der Waals surface area (Å²) in [6, 6.07) is 6.12. The Hall–Kier alpha value is -1.42. The first-order valence-electron chi connectivity index (χ1n) is 5.44. The van der Waals surface area contributed by atoms with Gasteiger partial charge in [0.2, 0.25) is 0 Å². The fourth-order valence-electron chi connectivity index (χ4n) is 1.72. The summed E-state index contributed by atoms with van der Waals surface area (Å²) >= 11 is 0. The number of nitrogens with one attached hydrogen (secondary N) is 1. The van der Waals surface area contributed by atoms with Crippen molar-refractivity contribution in [2.75, 3.05) is 11.9 Å². The maximum absolute atomic E-state index is 13.3. The summed E-state index contributed by atoms with van der Waals surface area (Å²) in [5.74, 6) is -0.684. The molecule has 4 heteroatoms. The average molecular weight is 223 g/mol. The van der Waals surface area contributed by atoms with E-state index in [2.05, 4.69) is 5.32 Å². The molecule has 1 atom stereocenters. The van der Waals surface area contributed by atoms with Crippen LogP contribution in [0.5, 0.6) is 0 Å². The maximum Gasteiger partial charge on any atom is 0.253 e. The van der Waals surface area contributed by atoms with Gasteiger partial charge in [0, 0.05) is 6.61 Å². The molecule has 1 N–H and O–H groups in total. The van der Waals surface area contributed by atoms with E-state index in [9.17, 15) is 9.18 Å². The zero-order valence-corrected chi connectivity index (χ0v) is 8.91. The van der Waals surface area contributed by atoms with Gasteiger partial charge in [-0.15, -0.1) is 0 Å². The first-order valence-corrected chi connectivity index (χ1v) is 5.44. The van der Waals surface area contributed by atoms with Crippen molar-refractivity contribution in [1.29, 1.82) is 0 Å². The van der Waals surface area contributed by atoms with Gasteiger partial charge in [-0.1, -0.05) is 12.1 Å². The zero-order chi connectivity index (χ0) is 11.4. The Labute approximate surface area is 93.6 Å². The standard InChI is InChI=1S/C12H14FNO2/c13-9-5-1-2-6-10(9)14-12(15)11-7-3-4-8-16-11/h1-2,5-6,11H,3-4,7-8H2,(H,14,15). The molecular formula is C12H14FNO2. The third kappa shape index (κ3) is 2.58. The van der Waals surface area contributed by atoms with Crippen LogP contribution >= 0.6 is 0 Å². The second-order valence-corrected chi connectivity index (χ2v) is 3.82. The molecule has 1 aromatic carbocycles. The minimum atomic E-state index is -0.437. The van der Waals surface area contributed by atoms with Gasteiger partial charge < -0.3 is 10.1 Å². The normalized spacial score (nSPS) is 20.4. The lowest BCUT2D eigenvalue weighted by Gasteiger charge is -2.21. The fourth-order valence-corrected chi connectivity index (χ4v) is 1.72. The molecule has 2 rings (SSSR count). The number of rotatable bonds is 2. The molecule has 16 heavy (non-hydrogen) atoms. The minimum absolute atomic E-state index is 0.210.